The van der Waals surface area contributed by atoms with Crippen LogP contribution in [0.3, 0.4) is 0 Å². The van der Waals surface area contributed by atoms with Gasteiger partial charge in [0, 0.05) is 38.0 Å². The van der Waals surface area contributed by atoms with Crippen LogP contribution in [0.25, 0.3) is 10.9 Å². The van der Waals surface area contributed by atoms with E-state index in [1.807, 2.05) is 54.7 Å². The highest BCUT2D eigenvalue weighted by Gasteiger charge is 2.19. The predicted molar refractivity (Wildman–Crippen MR) is 106 cm³/mol. The van der Waals surface area contributed by atoms with Crippen molar-refractivity contribution in [2.45, 2.75) is 9.79 Å². The minimum atomic E-state index is 0.560. The van der Waals surface area contributed by atoms with E-state index in [1.165, 1.54) is 4.90 Å². The minimum Gasteiger partial charge on any atom is -0.410 e. The molecule has 26 heavy (non-hydrogen) atoms. The molecule has 4 aromatic rings. The number of hydrogen-bond acceptors (Lipinski definition) is 4. The van der Waals surface area contributed by atoms with E-state index in [4.69, 9.17) is 0 Å². The molecule has 0 radical (unpaired) electrons. The molecular weight excluding hydrogens is 342 g/mol. The number of H-pyrrole nitrogens is 1. The molecule has 0 bridgehead atoms. The summed E-state index contributed by atoms with van der Waals surface area (Å²) in [7, 11) is 0. The second-order valence-corrected chi connectivity index (χ2v) is 7.21. The van der Waals surface area contributed by atoms with Gasteiger partial charge in [0.15, 0.2) is 0 Å². The highest BCUT2D eigenvalue weighted by Crippen LogP contribution is 2.44. The lowest BCUT2D eigenvalue weighted by molar-refractivity contribution is 0.319. The van der Waals surface area contributed by atoms with Crippen molar-refractivity contribution in [1.29, 1.82) is 0 Å². The summed E-state index contributed by atoms with van der Waals surface area (Å²) in [5, 5.41) is 17.8. The van der Waals surface area contributed by atoms with Gasteiger partial charge in [-0.15, -0.1) is 0 Å². The normalized spacial score (nSPS) is 13.2. The van der Waals surface area contributed by atoms with Crippen LogP contribution in [0.2, 0.25) is 0 Å². The topological polar surface area (TPSA) is 60.4 Å². The van der Waals surface area contributed by atoms with Crippen LogP contribution in [-0.4, -0.2) is 15.9 Å². The van der Waals surface area contributed by atoms with E-state index in [9.17, 15) is 5.21 Å². The van der Waals surface area contributed by atoms with Crippen LogP contribution < -0.4 is 5.32 Å². The van der Waals surface area contributed by atoms with Crippen LogP contribution in [-0.2, 0) is 0 Å². The van der Waals surface area contributed by atoms with Gasteiger partial charge in [-0.1, -0.05) is 53.3 Å². The number of anilines is 2. The van der Waals surface area contributed by atoms with Gasteiger partial charge in [0.25, 0.3) is 0 Å². The summed E-state index contributed by atoms with van der Waals surface area (Å²) in [6.45, 7) is 0. The first-order valence-corrected chi connectivity index (χ1v) is 9.12. The third kappa shape index (κ3) is 2.36. The van der Waals surface area contributed by atoms with Crippen molar-refractivity contribution in [2.75, 3.05) is 5.32 Å². The fourth-order valence-corrected chi connectivity index (χ4v) is 4.34. The van der Waals surface area contributed by atoms with Gasteiger partial charge in [0.2, 0.25) is 0 Å². The van der Waals surface area contributed by atoms with Crippen LogP contribution in [0.1, 0.15) is 11.1 Å². The Labute approximate surface area is 154 Å². The molecule has 4 nitrogen and oxygen atoms in total. The van der Waals surface area contributed by atoms with E-state index in [0.29, 0.717) is 5.71 Å². The molecule has 2 heterocycles. The van der Waals surface area contributed by atoms with Gasteiger partial charge < -0.3 is 15.5 Å². The number of oxime groups is 1. The first-order chi connectivity index (χ1) is 12.8. The molecule has 5 rings (SSSR count). The molecule has 0 aliphatic carbocycles. The van der Waals surface area contributed by atoms with Gasteiger partial charge >= 0.3 is 0 Å². The van der Waals surface area contributed by atoms with Gasteiger partial charge in [-0.05, 0) is 30.3 Å². The number of fused-ring (bicyclic) bond motifs is 3. The number of benzene rings is 3. The molecule has 3 aromatic carbocycles. The zero-order valence-corrected chi connectivity index (χ0v) is 14.5. The molecule has 5 heteroatoms. The maximum Gasteiger partial charge on any atom is 0.119 e. The number of para-hydroxylation sites is 2. The third-order valence-electron chi connectivity index (χ3n) is 4.58. The summed E-state index contributed by atoms with van der Waals surface area (Å²) in [5.41, 5.74) is 5.53. The Kier molecular flexibility index (Phi) is 3.47. The van der Waals surface area contributed by atoms with Crippen molar-refractivity contribution in [3.8, 4) is 0 Å². The average molecular weight is 357 g/mol. The number of hydrogen-bond donors (Lipinski definition) is 3. The molecule has 3 N–H and O–H groups in total. The van der Waals surface area contributed by atoms with E-state index in [-0.39, 0.29) is 0 Å². The lowest BCUT2D eigenvalue weighted by atomic mass is 10.0. The van der Waals surface area contributed by atoms with E-state index in [2.05, 4.69) is 33.7 Å². The van der Waals surface area contributed by atoms with Crippen molar-refractivity contribution >= 4 is 39.8 Å². The third-order valence-corrected chi connectivity index (χ3v) is 5.71. The van der Waals surface area contributed by atoms with Gasteiger partial charge in [0.05, 0.1) is 11.4 Å². The second-order valence-electron chi connectivity index (χ2n) is 6.13. The monoisotopic (exact) mass is 357 g/mol. The summed E-state index contributed by atoms with van der Waals surface area (Å²) in [6.07, 6.45) is 1.89. The summed E-state index contributed by atoms with van der Waals surface area (Å²) in [4.78, 5) is 5.54. The maximum absolute atomic E-state index is 9.72. The summed E-state index contributed by atoms with van der Waals surface area (Å²) < 4.78 is 0. The Morgan fingerprint density at radius 1 is 0.885 bits per heavy atom. The highest BCUT2D eigenvalue weighted by atomic mass is 32.2. The first-order valence-electron chi connectivity index (χ1n) is 8.30. The Balaban J connectivity index is 1.59. The van der Waals surface area contributed by atoms with Crippen LogP contribution in [0.15, 0.2) is 87.9 Å². The van der Waals surface area contributed by atoms with E-state index in [0.717, 1.165) is 38.3 Å². The Hall–Kier alpha value is -3.18. The Bertz CT molecular complexity index is 1160. The second kappa shape index (κ2) is 5.97. The summed E-state index contributed by atoms with van der Waals surface area (Å²) in [5.74, 6) is 0. The molecule has 0 unspecified atom stereocenters. The molecule has 1 aliphatic rings. The number of aromatic nitrogens is 1. The van der Waals surface area contributed by atoms with Gasteiger partial charge in [-0.25, -0.2) is 0 Å². The predicted octanol–water partition coefficient (Wildman–Crippen LogP) is 5.60. The van der Waals surface area contributed by atoms with Crippen molar-refractivity contribution in [1.82, 2.24) is 4.98 Å². The van der Waals surface area contributed by atoms with Crippen molar-refractivity contribution in [3.05, 3.63) is 84.1 Å². The van der Waals surface area contributed by atoms with Crippen molar-refractivity contribution in [3.63, 3.8) is 0 Å². The number of nitrogens with zero attached hydrogens (tertiary/aromatic N) is 1. The number of aromatic amines is 1. The van der Waals surface area contributed by atoms with Crippen LogP contribution in [0.5, 0.6) is 0 Å². The summed E-state index contributed by atoms with van der Waals surface area (Å²) in [6, 6.07) is 22.3. The van der Waals surface area contributed by atoms with Crippen molar-refractivity contribution < 1.29 is 5.21 Å². The molecular formula is C21H15N3OS. The highest BCUT2D eigenvalue weighted by molar-refractivity contribution is 7.99. The van der Waals surface area contributed by atoms with Gasteiger partial charge in [0.1, 0.15) is 5.71 Å². The number of nitrogens with one attached hydrogen (secondary N) is 2. The fraction of sp³-hybridized carbons (Fsp3) is 0. The lowest BCUT2D eigenvalue weighted by Crippen LogP contribution is -2.05. The minimum absolute atomic E-state index is 0.560. The van der Waals surface area contributed by atoms with Crippen LogP contribution >= 0.6 is 11.8 Å². The molecule has 126 valence electrons. The fourth-order valence-electron chi connectivity index (χ4n) is 3.31. The Morgan fingerprint density at radius 2 is 1.69 bits per heavy atom. The quantitative estimate of drug-likeness (QED) is 0.219. The van der Waals surface area contributed by atoms with Crippen LogP contribution in [0.4, 0.5) is 11.4 Å². The van der Waals surface area contributed by atoms with Crippen LogP contribution in [0, 0.1) is 0 Å². The van der Waals surface area contributed by atoms with Gasteiger partial charge in [-0.3, -0.25) is 0 Å². The van der Waals surface area contributed by atoms with Crippen molar-refractivity contribution in [2.24, 2.45) is 5.16 Å². The lowest BCUT2D eigenvalue weighted by Gasteiger charge is -2.21. The standard InChI is InChI=1S/C21H15N3OS/c25-24-21(15-12-22-16-6-2-1-5-14(15)16)13-9-10-18-20(11-13)26-19-8-4-3-7-17(19)23-18/h1-12,22-23,25H/b24-21-. The molecule has 0 spiro atoms. The van der Waals surface area contributed by atoms with E-state index < -0.39 is 0 Å². The largest absolute Gasteiger partial charge is 0.410 e. The molecule has 1 aromatic heterocycles. The molecule has 0 saturated carbocycles. The summed E-state index contributed by atoms with van der Waals surface area (Å²) >= 11 is 1.72. The first kappa shape index (κ1) is 15.1. The zero-order chi connectivity index (χ0) is 17.5. The van der Waals surface area contributed by atoms with Gasteiger partial charge in [-0.2, -0.15) is 0 Å². The number of rotatable bonds is 2. The molecule has 0 atom stereocenters. The molecule has 0 fully saturated rings. The maximum atomic E-state index is 9.72. The molecule has 0 amide bonds. The molecule has 0 saturated heterocycles. The Morgan fingerprint density at radius 3 is 2.62 bits per heavy atom. The van der Waals surface area contributed by atoms with E-state index in [1.54, 1.807) is 11.8 Å². The van der Waals surface area contributed by atoms with E-state index >= 15 is 0 Å². The SMILES string of the molecule is O/N=C(/c1ccc2c(c1)Sc1ccccc1N2)c1c[nH]c2ccccc12. The zero-order valence-electron chi connectivity index (χ0n) is 13.7. The molecule has 1 aliphatic heterocycles. The smallest absolute Gasteiger partial charge is 0.119 e. The average Bonchev–Trinajstić information content (AvgIpc) is 3.11.